The first kappa shape index (κ1) is 10.9. The SMILES string of the molecule is COc1ccc(C2CC(=O)CCC2=O)cc1. The zero-order valence-electron chi connectivity index (χ0n) is 9.23. The van der Waals surface area contributed by atoms with E-state index >= 15 is 0 Å². The molecule has 0 radical (unpaired) electrons. The van der Waals surface area contributed by atoms with Crippen LogP contribution in [0.2, 0.25) is 0 Å². The van der Waals surface area contributed by atoms with Gasteiger partial charge in [0.2, 0.25) is 0 Å². The molecule has 16 heavy (non-hydrogen) atoms. The van der Waals surface area contributed by atoms with Crippen LogP contribution in [0.25, 0.3) is 0 Å². The van der Waals surface area contributed by atoms with Crippen molar-refractivity contribution in [2.75, 3.05) is 7.11 Å². The molecular formula is C13H14O3. The topological polar surface area (TPSA) is 43.4 Å². The fourth-order valence-corrected chi connectivity index (χ4v) is 2.02. The largest absolute Gasteiger partial charge is 0.497 e. The lowest BCUT2D eigenvalue weighted by Gasteiger charge is -2.20. The van der Waals surface area contributed by atoms with E-state index in [1.165, 1.54) is 0 Å². The first-order chi connectivity index (χ1) is 7.70. The van der Waals surface area contributed by atoms with Gasteiger partial charge in [-0.15, -0.1) is 0 Å². The van der Waals surface area contributed by atoms with Gasteiger partial charge in [-0.2, -0.15) is 0 Å². The van der Waals surface area contributed by atoms with Crippen molar-refractivity contribution in [3.05, 3.63) is 29.8 Å². The number of Topliss-reactive ketones (excluding diaryl/α,β-unsaturated/α-hetero) is 2. The molecule has 3 heteroatoms. The van der Waals surface area contributed by atoms with Gasteiger partial charge in [0.05, 0.1) is 7.11 Å². The van der Waals surface area contributed by atoms with Crippen LogP contribution in [0.15, 0.2) is 24.3 Å². The van der Waals surface area contributed by atoms with Crippen molar-refractivity contribution in [2.45, 2.75) is 25.2 Å². The molecule has 3 nitrogen and oxygen atoms in total. The van der Waals surface area contributed by atoms with Crippen LogP contribution in [0, 0.1) is 0 Å². The van der Waals surface area contributed by atoms with Crippen molar-refractivity contribution in [3.63, 3.8) is 0 Å². The molecule has 0 heterocycles. The second kappa shape index (κ2) is 4.47. The van der Waals surface area contributed by atoms with E-state index in [-0.39, 0.29) is 17.5 Å². The molecule has 84 valence electrons. The maximum absolute atomic E-state index is 11.7. The van der Waals surface area contributed by atoms with Crippen LogP contribution in [0.1, 0.15) is 30.7 Å². The molecule has 1 saturated carbocycles. The maximum Gasteiger partial charge on any atom is 0.141 e. The fraction of sp³-hybridized carbons (Fsp3) is 0.385. The summed E-state index contributed by atoms with van der Waals surface area (Å²) in [5.41, 5.74) is 0.916. The molecule has 0 aromatic heterocycles. The van der Waals surface area contributed by atoms with Gasteiger partial charge >= 0.3 is 0 Å². The zero-order chi connectivity index (χ0) is 11.5. The highest BCUT2D eigenvalue weighted by atomic mass is 16.5. The summed E-state index contributed by atoms with van der Waals surface area (Å²) in [5, 5.41) is 0. The summed E-state index contributed by atoms with van der Waals surface area (Å²) in [7, 11) is 1.60. The molecule has 1 aliphatic rings. The van der Waals surface area contributed by atoms with Crippen LogP contribution in [0.5, 0.6) is 5.75 Å². The third-order valence-electron chi connectivity index (χ3n) is 2.99. The number of ether oxygens (including phenoxy) is 1. The lowest BCUT2D eigenvalue weighted by atomic mass is 9.82. The number of ketones is 2. The highest BCUT2D eigenvalue weighted by molar-refractivity contribution is 5.97. The predicted molar refractivity (Wildman–Crippen MR) is 59.6 cm³/mol. The lowest BCUT2D eigenvalue weighted by Crippen LogP contribution is -2.23. The van der Waals surface area contributed by atoms with Gasteiger partial charge in [-0.25, -0.2) is 0 Å². The van der Waals surface area contributed by atoms with Gasteiger partial charge < -0.3 is 4.74 Å². The average Bonchev–Trinajstić information content (AvgIpc) is 2.32. The fourth-order valence-electron chi connectivity index (χ4n) is 2.02. The third kappa shape index (κ3) is 2.13. The Morgan fingerprint density at radius 2 is 1.81 bits per heavy atom. The Morgan fingerprint density at radius 3 is 2.44 bits per heavy atom. The van der Waals surface area contributed by atoms with Crippen LogP contribution in [0.4, 0.5) is 0 Å². The summed E-state index contributed by atoms with van der Waals surface area (Å²) in [6, 6.07) is 7.36. The number of hydrogen-bond donors (Lipinski definition) is 0. The molecule has 0 N–H and O–H groups in total. The van der Waals surface area contributed by atoms with E-state index in [4.69, 9.17) is 4.74 Å². The standard InChI is InChI=1S/C13H14O3/c1-16-11-5-2-9(3-6-11)12-8-10(14)4-7-13(12)15/h2-3,5-6,12H,4,7-8H2,1H3. The third-order valence-corrected chi connectivity index (χ3v) is 2.99. The van der Waals surface area contributed by atoms with Gasteiger partial charge in [-0.3, -0.25) is 9.59 Å². The zero-order valence-corrected chi connectivity index (χ0v) is 9.23. The molecule has 0 spiro atoms. The minimum atomic E-state index is -0.243. The van der Waals surface area contributed by atoms with E-state index in [1.54, 1.807) is 7.11 Å². The molecule has 1 aromatic rings. The van der Waals surface area contributed by atoms with Crippen molar-refractivity contribution < 1.29 is 14.3 Å². The van der Waals surface area contributed by atoms with Gasteiger partial charge in [-0.05, 0) is 17.7 Å². The molecule has 0 saturated heterocycles. The van der Waals surface area contributed by atoms with Crippen molar-refractivity contribution in [1.82, 2.24) is 0 Å². The highest BCUT2D eigenvalue weighted by Gasteiger charge is 2.28. The highest BCUT2D eigenvalue weighted by Crippen LogP contribution is 2.29. The number of benzene rings is 1. The van der Waals surface area contributed by atoms with Crippen LogP contribution >= 0.6 is 0 Å². The monoisotopic (exact) mass is 218 g/mol. The van der Waals surface area contributed by atoms with E-state index in [0.29, 0.717) is 19.3 Å². The molecule has 2 rings (SSSR count). The molecule has 1 aromatic carbocycles. The molecule has 0 aliphatic heterocycles. The molecular weight excluding hydrogens is 204 g/mol. The van der Waals surface area contributed by atoms with Crippen molar-refractivity contribution in [3.8, 4) is 5.75 Å². The van der Waals surface area contributed by atoms with Gasteiger partial charge in [0.15, 0.2) is 0 Å². The molecule has 1 aliphatic carbocycles. The minimum Gasteiger partial charge on any atom is -0.497 e. The summed E-state index contributed by atoms with van der Waals surface area (Å²) in [6.45, 7) is 0. The second-order valence-corrected chi connectivity index (χ2v) is 4.03. The number of carbonyl (C=O) groups is 2. The van der Waals surface area contributed by atoms with Gasteiger partial charge in [0.25, 0.3) is 0 Å². The normalized spacial score (nSPS) is 20.9. The van der Waals surface area contributed by atoms with E-state index in [9.17, 15) is 9.59 Å². The van der Waals surface area contributed by atoms with Crippen molar-refractivity contribution >= 4 is 11.6 Å². The summed E-state index contributed by atoms with van der Waals surface area (Å²) < 4.78 is 5.05. The Hall–Kier alpha value is -1.64. The van der Waals surface area contributed by atoms with E-state index < -0.39 is 0 Å². The van der Waals surface area contributed by atoms with Crippen LogP contribution in [-0.2, 0) is 9.59 Å². The summed E-state index contributed by atoms with van der Waals surface area (Å²) in [5.74, 6) is 0.871. The van der Waals surface area contributed by atoms with Crippen molar-refractivity contribution in [1.29, 1.82) is 0 Å². The predicted octanol–water partition coefficient (Wildman–Crippen LogP) is 2.10. The average molecular weight is 218 g/mol. The Labute approximate surface area is 94.4 Å². The van der Waals surface area contributed by atoms with Crippen LogP contribution < -0.4 is 4.74 Å². The summed E-state index contributed by atoms with van der Waals surface area (Å²) in [6.07, 6.45) is 1.15. The molecule has 1 unspecified atom stereocenters. The summed E-state index contributed by atoms with van der Waals surface area (Å²) >= 11 is 0. The molecule has 0 bridgehead atoms. The first-order valence-corrected chi connectivity index (χ1v) is 5.39. The van der Waals surface area contributed by atoms with Crippen LogP contribution in [-0.4, -0.2) is 18.7 Å². The Kier molecular flexibility index (Phi) is 3.04. The van der Waals surface area contributed by atoms with Crippen LogP contribution in [0.3, 0.4) is 0 Å². The van der Waals surface area contributed by atoms with Gasteiger partial charge in [0, 0.05) is 25.2 Å². The Morgan fingerprint density at radius 1 is 1.12 bits per heavy atom. The maximum atomic E-state index is 11.7. The van der Waals surface area contributed by atoms with Gasteiger partial charge in [-0.1, -0.05) is 12.1 Å². The lowest BCUT2D eigenvalue weighted by molar-refractivity contribution is -0.130. The van der Waals surface area contributed by atoms with E-state index in [1.807, 2.05) is 24.3 Å². The summed E-state index contributed by atoms with van der Waals surface area (Å²) in [4.78, 5) is 23.0. The quantitative estimate of drug-likeness (QED) is 0.763. The Bertz CT molecular complexity index is 406. The number of methoxy groups -OCH3 is 1. The Balaban J connectivity index is 2.21. The molecule has 1 atom stereocenters. The molecule has 0 amide bonds. The van der Waals surface area contributed by atoms with Crippen molar-refractivity contribution in [2.24, 2.45) is 0 Å². The van der Waals surface area contributed by atoms with E-state index in [0.717, 1.165) is 11.3 Å². The number of rotatable bonds is 2. The van der Waals surface area contributed by atoms with E-state index in [2.05, 4.69) is 0 Å². The minimum absolute atomic E-state index is 0.171. The number of carbonyl (C=O) groups excluding carboxylic acids is 2. The number of hydrogen-bond acceptors (Lipinski definition) is 3. The smallest absolute Gasteiger partial charge is 0.141 e. The molecule has 1 fully saturated rings. The van der Waals surface area contributed by atoms with Gasteiger partial charge in [0.1, 0.15) is 17.3 Å². The first-order valence-electron chi connectivity index (χ1n) is 5.39. The second-order valence-electron chi connectivity index (χ2n) is 4.03.